The lowest BCUT2D eigenvalue weighted by atomic mass is 9.83. The van der Waals surface area contributed by atoms with Crippen molar-refractivity contribution in [3.8, 4) is 5.75 Å². The van der Waals surface area contributed by atoms with Gasteiger partial charge < -0.3 is 14.7 Å². The summed E-state index contributed by atoms with van der Waals surface area (Å²) in [6.45, 7) is 2.77. The lowest BCUT2D eigenvalue weighted by Gasteiger charge is -2.44. The number of unbranched alkanes of at least 4 members (excludes halogenated alkanes) is 2. The largest absolute Gasteiger partial charge is 0.485 e. The minimum atomic E-state index is -1.05. The van der Waals surface area contributed by atoms with Crippen LogP contribution in [0.5, 0.6) is 5.75 Å². The molecule has 3 rings (SSSR count). The maximum atomic E-state index is 13.6. The molecule has 2 aromatic rings. The third kappa shape index (κ3) is 4.87. The monoisotopic (exact) mass is 386 g/mol. The fourth-order valence-corrected chi connectivity index (χ4v) is 3.61. The number of hydrogen-bond donors (Lipinski definition) is 1. The first-order chi connectivity index (χ1) is 13.5. The highest BCUT2D eigenvalue weighted by Crippen LogP contribution is 2.32. The van der Waals surface area contributed by atoms with Crippen LogP contribution < -0.4 is 4.74 Å². The molecular weight excluding hydrogens is 359 g/mol. The summed E-state index contributed by atoms with van der Waals surface area (Å²) in [5.41, 5.74) is -0.689. The van der Waals surface area contributed by atoms with Crippen molar-refractivity contribution in [3.63, 3.8) is 0 Å². The van der Waals surface area contributed by atoms with E-state index in [0.717, 1.165) is 19.3 Å². The number of aliphatic hydroxyl groups is 1. The number of benzene rings is 1. The Bertz CT molecular complexity index is 786. The van der Waals surface area contributed by atoms with Gasteiger partial charge in [-0.3, -0.25) is 9.78 Å². The van der Waals surface area contributed by atoms with Gasteiger partial charge in [-0.05, 0) is 37.1 Å². The van der Waals surface area contributed by atoms with E-state index < -0.39 is 17.5 Å². The number of hydrogen-bond acceptors (Lipinski definition) is 4. The summed E-state index contributed by atoms with van der Waals surface area (Å²) in [5, 5.41) is 11.3. The minimum Gasteiger partial charge on any atom is -0.485 e. The van der Waals surface area contributed by atoms with E-state index in [9.17, 15) is 14.3 Å². The number of carbonyl (C=O) groups excluding carboxylic acids is 1. The van der Waals surface area contributed by atoms with E-state index in [-0.39, 0.29) is 12.5 Å². The number of likely N-dealkylation sites (tertiary alicyclic amines) is 1. The maximum absolute atomic E-state index is 13.6. The number of ether oxygens (including phenoxy) is 1. The Balaban J connectivity index is 1.78. The second-order valence-corrected chi connectivity index (χ2v) is 7.34. The molecule has 0 saturated carbocycles. The van der Waals surface area contributed by atoms with Crippen molar-refractivity contribution in [2.45, 2.75) is 50.7 Å². The van der Waals surface area contributed by atoms with Crippen molar-refractivity contribution in [2.75, 3.05) is 13.1 Å². The number of pyridine rings is 1. The summed E-state index contributed by atoms with van der Waals surface area (Å²) in [6.07, 6.45) is 4.90. The zero-order valence-electron chi connectivity index (χ0n) is 16.2. The Morgan fingerprint density at radius 2 is 2.18 bits per heavy atom. The van der Waals surface area contributed by atoms with Crippen LogP contribution in [0, 0.1) is 5.82 Å². The van der Waals surface area contributed by atoms with E-state index in [1.165, 1.54) is 12.1 Å². The van der Waals surface area contributed by atoms with Crippen LogP contribution in [0.4, 0.5) is 4.39 Å². The van der Waals surface area contributed by atoms with Gasteiger partial charge in [-0.15, -0.1) is 0 Å². The van der Waals surface area contributed by atoms with E-state index in [1.54, 1.807) is 41.4 Å². The molecule has 0 unspecified atom stereocenters. The average molecular weight is 386 g/mol. The number of piperidine rings is 1. The van der Waals surface area contributed by atoms with Crippen LogP contribution in [0.2, 0.25) is 0 Å². The molecule has 6 heteroatoms. The Kier molecular flexibility index (Phi) is 6.62. The van der Waals surface area contributed by atoms with Crippen molar-refractivity contribution in [3.05, 3.63) is 60.2 Å². The molecule has 28 heavy (non-hydrogen) atoms. The van der Waals surface area contributed by atoms with Crippen molar-refractivity contribution in [1.29, 1.82) is 0 Å². The number of nitrogens with zero attached hydrogens (tertiary/aromatic N) is 2. The molecule has 1 aliphatic rings. The molecule has 2 atom stereocenters. The second kappa shape index (κ2) is 9.15. The van der Waals surface area contributed by atoms with Crippen molar-refractivity contribution >= 4 is 5.91 Å². The number of rotatable bonds is 7. The van der Waals surface area contributed by atoms with Gasteiger partial charge in [0, 0.05) is 18.8 Å². The lowest BCUT2D eigenvalue weighted by Crippen LogP contribution is -2.59. The molecule has 1 aliphatic heterocycles. The van der Waals surface area contributed by atoms with Crippen LogP contribution in [0.25, 0.3) is 0 Å². The van der Waals surface area contributed by atoms with Gasteiger partial charge in [-0.2, -0.15) is 0 Å². The first kappa shape index (κ1) is 20.3. The second-order valence-electron chi connectivity index (χ2n) is 7.34. The Morgan fingerprint density at radius 3 is 2.89 bits per heavy atom. The molecule has 0 radical (unpaired) electrons. The zero-order valence-corrected chi connectivity index (χ0v) is 16.2. The molecule has 2 heterocycles. The van der Waals surface area contributed by atoms with E-state index in [2.05, 4.69) is 11.9 Å². The fraction of sp³-hybridized carbons (Fsp3) is 0.455. The number of aromatic nitrogens is 1. The van der Waals surface area contributed by atoms with Gasteiger partial charge in [0.1, 0.15) is 29.0 Å². The standard InChI is InChI=1S/C22H27FN2O3/c1-2-3-5-11-22(27)12-14-25(21(26)19-10-4-6-13-24-19)16-20(22)28-18-9-7-8-17(23)15-18/h4,6-10,13,15,20,27H,2-3,5,11-12,14,16H2,1H3/t20-,22-/m0/s1. The summed E-state index contributed by atoms with van der Waals surface area (Å²) >= 11 is 0. The summed E-state index contributed by atoms with van der Waals surface area (Å²) in [4.78, 5) is 18.6. The summed E-state index contributed by atoms with van der Waals surface area (Å²) < 4.78 is 19.6. The molecule has 0 bridgehead atoms. The molecule has 1 amide bonds. The Morgan fingerprint density at radius 1 is 1.32 bits per heavy atom. The van der Waals surface area contributed by atoms with E-state index in [1.807, 2.05) is 0 Å². The average Bonchev–Trinajstić information content (AvgIpc) is 2.70. The van der Waals surface area contributed by atoms with Gasteiger partial charge in [0.05, 0.1) is 6.54 Å². The van der Waals surface area contributed by atoms with E-state index >= 15 is 0 Å². The molecule has 0 aliphatic carbocycles. The zero-order chi connectivity index (χ0) is 20.0. The van der Waals surface area contributed by atoms with Gasteiger partial charge in [0.2, 0.25) is 0 Å². The van der Waals surface area contributed by atoms with Crippen molar-refractivity contribution in [2.24, 2.45) is 0 Å². The van der Waals surface area contributed by atoms with Gasteiger partial charge in [0.25, 0.3) is 5.91 Å². The highest BCUT2D eigenvalue weighted by atomic mass is 19.1. The molecule has 1 fully saturated rings. The minimum absolute atomic E-state index is 0.191. The molecule has 150 valence electrons. The molecule has 1 aromatic heterocycles. The predicted octanol–water partition coefficient (Wildman–Crippen LogP) is 3.83. The molecule has 1 saturated heterocycles. The maximum Gasteiger partial charge on any atom is 0.272 e. The third-order valence-electron chi connectivity index (χ3n) is 5.26. The van der Waals surface area contributed by atoms with E-state index in [0.29, 0.717) is 30.8 Å². The van der Waals surface area contributed by atoms with Crippen LogP contribution in [-0.4, -0.2) is 45.7 Å². The van der Waals surface area contributed by atoms with Crippen LogP contribution in [0.1, 0.15) is 49.5 Å². The predicted molar refractivity (Wildman–Crippen MR) is 105 cm³/mol. The first-order valence-corrected chi connectivity index (χ1v) is 9.87. The quantitative estimate of drug-likeness (QED) is 0.735. The number of carbonyl (C=O) groups is 1. The molecular formula is C22H27FN2O3. The van der Waals surface area contributed by atoms with Crippen LogP contribution in [0.3, 0.4) is 0 Å². The molecule has 1 aromatic carbocycles. The SMILES string of the molecule is CCCCC[C@]1(O)CCN(C(=O)c2ccccn2)C[C@@H]1Oc1cccc(F)c1. The highest BCUT2D eigenvalue weighted by Gasteiger charge is 2.44. The van der Waals surface area contributed by atoms with Crippen LogP contribution in [0.15, 0.2) is 48.7 Å². The van der Waals surface area contributed by atoms with Gasteiger partial charge in [0.15, 0.2) is 0 Å². The molecule has 5 nitrogen and oxygen atoms in total. The number of amides is 1. The van der Waals surface area contributed by atoms with Gasteiger partial charge >= 0.3 is 0 Å². The van der Waals surface area contributed by atoms with Crippen molar-refractivity contribution in [1.82, 2.24) is 9.88 Å². The smallest absolute Gasteiger partial charge is 0.272 e. The molecule has 0 spiro atoms. The van der Waals surface area contributed by atoms with Crippen molar-refractivity contribution < 1.29 is 19.0 Å². The Hall–Kier alpha value is -2.47. The Labute approximate surface area is 165 Å². The summed E-state index contributed by atoms with van der Waals surface area (Å²) in [5.74, 6) is -0.237. The van der Waals surface area contributed by atoms with Crippen LogP contribution in [-0.2, 0) is 0 Å². The summed E-state index contributed by atoms with van der Waals surface area (Å²) in [7, 11) is 0. The van der Waals surface area contributed by atoms with Crippen LogP contribution >= 0.6 is 0 Å². The fourth-order valence-electron chi connectivity index (χ4n) is 3.61. The third-order valence-corrected chi connectivity index (χ3v) is 5.26. The normalized spacial score (nSPS) is 22.1. The topological polar surface area (TPSA) is 62.7 Å². The summed E-state index contributed by atoms with van der Waals surface area (Å²) in [6, 6.07) is 11.1. The molecule has 1 N–H and O–H groups in total. The first-order valence-electron chi connectivity index (χ1n) is 9.87. The van der Waals surface area contributed by atoms with Gasteiger partial charge in [-0.25, -0.2) is 4.39 Å². The van der Waals surface area contributed by atoms with Gasteiger partial charge in [-0.1, -0.05) is 38.3 Å². The van der Waals surface area contributed by atoms with E-state index in [4.69, 9.17) is 4.74 Å². The highest BCUT2D eigenvalue weighted by molar-refractivity contribution is 5.92. The lowest BCUT2D eigenvalue weighted by molar-refractivity contribution is -0.106. The number of halogens is 1.